The van der Waals surface area contributed by atoms with Crippen LogP contribution in [-0.2, 0) is 55.4 Å². The zero-order valence-electron chi connectivity index (χ0n) is 78.4. The number of aromatic nitrogens is 10. The zero-order valence-corrected chi connectivity index (χ0v) is 81.6. The van der Waals surface area contributed by atoms with Gasteiger partial charge in [-0.25, -0.2) is 13.7 Å². The molecule has 22 rings (SSSR count). The van der Waals surface area contributed by atoms with E-state index in [0.29, 0.717) is 29.6 Å². The van der Waals surface area contributed by atoms with Crippen molar-refractivity contribution >= 4 is 86.9 Å². The van der Waals surface area contributed by atoms with Crippen LogP contribution in [-0.4, -0.2) is 43.9 Å². The Balaban J connectivity index is 0.000000118. The maximum absolute atomic E-state index is 10.0. The van der Waals surface area contributed by atoms with Crippen LogP contribution in [0.5, 0.6) is 0 Å². The molecule has 11 aromatic carbocycles. The van der Waals surface area contributed by atoms with Gasteiger partial charge in [0.1, 0.15) is 90.9 Å². The molecule has 0 atom stereocenters. The van der Waals surface area contributed by atoms with Crippen LogP contribution in [0.25, 0.3) is 143 Å². The molecule has 13 nitrogen and oxygen atoms in total. The van der Waals surface area contributed by atoms with E-state index in [9.17, 15) is 4.79 Å². The topological polar surface area (TPSA) is 120 Å². The third-order valence-electron chi connectivity index (χ3n) is 25.6. The van der Waals surface area contributed by atoms with Gasteiger partial charge in [-0.2, -0.15) is 13.7 Å². The van der Waals surface area contributed by atoms with Crippen LogP contribution in [0, 0.1) is 19.9 Å². The summed E-state index contributed by atoms with van der Waals surface area (Å²) in [5.41, 5.74) is 33.0. The number of allylic oxidation sites excluding steroid dienone is 2. The average molecular weight is 1910 g/mol. The Hall–Kier alpha value is -12.8. The zero-order chi connectivity index (χ0) is 90.5. The third kappa shape index (κ3) is 16.7. The van der Waals surface area contributed by atoms with Crippen molar-refractivity contribution in [3.8, 4) is 73.5 Å². The molecule has 0 spiro atoms. The third-order valence-corrected chi connectivity index (χ3v) is 26.7. The number of ketones is 1. The molecule has 11 heterocycles. The van der Waals surface area contributed by atoms with Gasteiger partial charge in [-0.05, 0) is 163 Å². The number of thiophene rings is 1. The number of hydrogen-bond donors (Lipinski definition) is 1. The fraction of sp³-hybridized carbons (Fsp3) is 0.261. The summed E-state index contributed by atoms with van der Waals surface area (Å²) >= 11 is 1.91. The van der Waals surface area contributed by atoms with E-state index >= 15 is 0 Å². The van der Waals surface area contributed by atoms with Gasteiger partial charge >= 0.3 is 0 Å². The smallest absolute Gasteiger partial charge is 0.294 e. The molecular weight excluding hydrogens is 1790 g/mol. The quantitative estimate of drug-likeness (QED) is 0.0596. The molecule has 3 aliphatic heterocycles. The van der Waals surface area contributed by atoms with E-state index in [-0.39, 0.29) is 42.5 Å². The largest absolute Gasteiger partial charge is 0.512 e. The summed E-state index contributed by atoms with van der Waals surface area (Å²) in [5, 5.41) is 14.4. The van der Waals surface area contributed by atoms with Crippen LogP contribution >= 0.6 is 11.3 Å². The number of aliphatic hydroxyl groups is 1. The molecule has 0 unspecified atom stereocenters. The van der Waals surface area contributed by atoms with Crippen LogP contribution < -0.4 is 13.7 Å². The maximum atomic E-state index is 10.0. The van der Waals surface area contributed by atoms with Crippen molar-refractivity contribution < 1.29 is 48.1 Å². The van der Waals surface area contributed by atoms with Crippen molar-refractivity contribution in [2.75, 3.05) is 0 Å². The second-order valence-corrected chi connectivity index (χ2v) is 39.9. The fourth-order valence-electron chi connectivity index (χ4n) is 19.0. The van der Waals surface area contributed by atoms with Crippen LogP contribution in [0.2, 0.25) is 0 Å². The molecule has 0 saturated carbocycles. The summed E-state index contributed by atoms with van der Waals surface area (Å²) in [4.78, 5) is 24.9. The van der Waals surface area contributed by atoms with Gasteiger partial charge in [-0.15, -0.1) is 23.5 Å². The molecule has 15 heteroatoms. The Kier molecular flexibility index (Phi) is 24.4. The molecule has 0 aliphatic carbocycles. The first-order valence-electron chi connectivity index (χ1n) is 45.6. The van der Waals surface area contributed by atoms with Crippen molar-refractivity contribution in [2.45, 2.75) is 199 Å². The molecule has 3 aliphatic rings. The summed E-state index contributed by atoms with van der Waals surface area (Å²) in [7, 11) is 0. The predicted molar refractivity (Wildman–Crippen MR) is 532 cm³/mol. The number of aliphatic hydroxyl groups excluding tert-OH is 1. The number of imidazole rings is 4. The Morgan fingerprint density at radius 2 is 0.946 bits per heavy atom. The van der Waals surface area contributed by atoms with Crippen LogP contribution in [0.3, 0.4) is 0 Å². The average Bonchev–Trinajstić information content (AvgIpc) is 1.58. The van der Waals surface area contributed by atoms with E-state index in [0.717, 1.165) is 70.0 Å². The van der Waals surface area contributed by atoms with Crippen LogP contribution in [0.4, 0.5) is 0 Å². The molecule has 8 aromatic heterocycles. The molecular formula is C115H116IrN10O3S+2. The van der Waals surface area contributed by atoms with E-state index in [1.165, 1.54) is 180 Å². The Labute approximate surface area is 781 Å². The molecule has 657 valence electrons. The van der Waals surface area contributed by atoms with E-state index < -0.39 is 0 Å². The summed E-state index contributed by atoms with van der Waals surface area (Å²) in [6.07, 6.45) is 14.6. The molecule has 0 saturated heterocycles. The minimum atomic E-state index is -0.141. The maximum Gasteiger partial charge on any atom is 0.294 e. The summed E-state index contributed by atoms with van der Waals surface area (Å²) in [5.74, 6) is 7.03. The van der Waals surface area contributed by atoms with E-state index in [1.54, 1.807) is 0 Å². The van der Waals surface area contributed by atoms with Gasteiger partial charge in [-0.3, -0.25) is 14.8 Å². The summed E-state index contributed by atoms with van der Waals surface area (Å²) in [6, 6.07) is 85.1. The van der Waals surface area contributed by atoms with Crippen LogP contribution in [0.1, 0.15) is 221 Å². The number of carbonyl (C=O) groups is 1. The van der Waals surface area contributed by atoms with Gasteiger partial charge in [0.05, 0.1) is 44.8 Å². The molecule has 19 aromatic rings. The molecule has 0 fully saturated rings. The monoisotopic (exact) mass is 1910 g/mol. The Bertz CT molecular complexity index is 7280. The number of fused-ring (bicyclic) bond motifs is 20. The number of aryl methyl sites for hydroxylation is 2. The SMILES string of the molecule is CC(=O)C=C(C)O.CC(C)c1cc(-c2ccccc2)c(-n2cc[n+]3c2-c2ccccc2C3)c(-c2ccccc2)c1.CC(C)c1cccc(C(C)C)c1-n1cc[n+]2c1-c1cc3c(cc1C2)oc1ccccc13.CC(C)c1cccc(C(C)C)c1-n1cc[n+]2c1-c1cc3c(cc1C2)sc1ccccc13.Cc1cc2nc3c4[c-]cc(C(C)(C)C)nc4nc(C(C)(C)C)n3c2cc1C.[Ir]. The number of rotatable bonds is 11. The van der Waals surface area contributed by atoms with Crippen molar-refractivity contribution in [3.63, 3.8) is 0 Å². The molecule has 0 amide bonds. The first-order chi connectivity index (χ1) is 61.8. The number of furan rings is 1. The van der Waals surface area contributed by atoms with Gasteiger partial charge in [0, 0.05) is 113 Å². The Morgan fingerprint density at radius 1 is 0.462 bits per heavy atom. The predicted octanol–water partition coefficient (Wildman–Crippen LogP) is 28.1. The fourth-order valence-corrected chi connectivity index (χ4v) is 20.1. The number of pyridine rings is 1. The normalized spacial score (nSPS) is 12.6. The Morgan fingerprint density at radius 3 is 1.47 bits per heavy atom. The number of para-hydroxylation sites is 3. The first kappa shape index (κ1) is 89.2. The van der Waals surface area contributed by atoms with Gasteiger partial charge in [0.25, 0.3) is 17.5 Å². The van der Waals surface area contributed by atoms with Crippen molar-refractivity contribution in [1.82, 2.24) is 33.1 Å². The van der Waals surface area contributed by atoms with E-state index in [1.807, 2.05) is 23.5 Å². The van der Waals surface area contributed by atoms with Crippen molar-refractivity contribution in [2.24, 2.45) is 0 Å². The molecule has 0 bridgehead atoms. The first-order valence-corrected chi connectivity index (χ1v) is 46.4. The molecule has 1 radical (unpaired) electrons. The van der Waals surface area contributed by atoms with Crippen molar-refractivity contribution in [3.05, 3.63) is 347 Å². The standard InChI is InChI=1S/C31H27N2.C28H27N2O.C28H27N2S.C23H27N4.C5H8O2.Ir/c1-22(2)26-19-28(23-11-5-3-6-12-23)30(29(20-26)24-13-7-4-8-14-24)33-18-17-32-21-25-15-9-10-16-27(25)31(32)33;2*1-17(2)20-9-7-10-21(18(3)4)27(20)30-13-12-29-16-19-14-26-24(15-23(19)28(29)30)22-8-5-6-11-25(22)31-26;1-13-11-16-17(12-14(13)2)27-20(24-16)15-9-10-18(22(3,4)5)25-19(15)26-21(27)23(6,7)8;1-4(6)3-5(2)7;/h3-20,22H,21H2,1-2H3;2*5-15,17-18H,16H2,1-4H3;10-12H,1-8H3;3,6H,1-2H3;/q3*+1;-1;;. The van der Waals surface area contributed by atoms with Crippen LogP contribution in [0.15, 0.2) is 278 Å². The molecule has 130 heavy (non-hydrogen) atoms. The summed E-state index contributed by atoms with van der Waals surface area (Å²) in [6.45, 7) is 45.8. The van der Waals surface area contributed by atoms with Gasteiger partial charge in [-0.1, -0.05) is 268 Å². The molecule has 1 N–H and O–H groups in total. The van der Waals surface area contributed by atoms with E-state index in [2.05, 4.69) is 412 Å². The number of nitrogens with zero attached hydrogens (tertiary/aromatic N) is 10. The van der Waals surface area contributed by atoms with Gasteiger partial charge in [0.15, 0.2) is 5.78 Å². The van der Waals surface area contributed by atoms with Gasteiger partial charge in [0.2, 0.25) is 0 Å². The number of carbonyl (C=O) groups excluding carboxylic acids is 1. The van der Waals surface area contributed by atoms with E-state index in [4.69, 9.17) is 24.5 Å². The number of hydrogen-bond acceptors (Lipinski definition) is 7. The van der Waals surface area contributed by atoms with Crippen molar-refractivity contribution in [1.29, 1.82) is 0 Å². The second-order valence-electron chi connectivity index (χ2n) is 38.8. The minimum absolute atomic E-state index is 0. The van der Waals surface area contributed by atoms with Gasteiger partial charge < -0.3 is 18.9 Å². The minimum Gasteiger partial charge on any atom is -0.512 e. The second kappa shape index (κ2) is 35.6. The number of benzene rings is 11. The summed E-state index contributed by atoms with van der Waals surface area (Å²) < 4.78 is 25.5.